The first-order valence-corrected chi connectivity index (χ1v) is 4.25. The molecule has 0 unspecified atom stereocenters. The minimum Gasteiger partial charge on any atom is -0.508 e. The van der Waals surface area contributed by atoms with E-state index in [0.717, 1.165) is 12.8 Å². The van der Waals surface area contributed by atoms with Gasteiger partial charge in [-0.25, -0.2) is 0 Å². The summed E-state index contributed by atoms with van der Waals surface area (Å²) in [6, 6.07) is 6.87. The first-order valence-electron chi connectivity index (χ1n) is 4.25. The minimum absolute atomic E-state index is 0.166. The van der Waals surface area contributed by atoms with E-state index in [2.05, 4.69) is 0 Å². The van der Waals surface area contributed by atoms with Crippen molar-refractivity contribution in [3.05, 3.63) is 29.8 Å². The molecular formula is C10H11NO2. The SMILES string of the molecule is NC(=O)C1(c2ccccc2O)CC1. The van der Waals surface area contributed by atoms with Crippen LogP contribution in [0.3, 0.4) is 0 Å². The van der Waals surface area contributed by atoms with Crippen molar-refractivity contribution < 1.29 is 9.90 Å². The molecule has 0 aliphatic heterocycles. The van der Waals surface area contributed by atoms with E-state index in [1.54, 1.807) is 24.3 Å². The van der Waals surface area contributed by atoms with Gasteiger partial charge in [-0.3, -0.25) is 4.79 Å². The summed E-state index contributed by atoms with van der Waals surface area (Å²) in [6.07, 6.45) is 1.50. The molecular weight excluding hydrogens is 166 g/mol. The highest BCUT2D eigenvalue weighted by atomic mass is 16.3. The van der Waals surface area contributed by atoms with Crippen LogP contribution in [-0.4, -0.2) is 11.0 Å². The molecule has 1 aliphatic carbocycles. The lowest BCUT2D eigenvalue weighted by molar-refractivity contribution is -0.120. The van der Waals surface area contributed by atoms with Gasteiger partial charge in [0.25, 0.3) is 0 Å². The zero-order chi connectivity index (χ0) is 9.47. The second-order valence-corrected chi connectivity index (χ2v) is 3.46. The van der Waals surface area contributed by atoms with Crippen molar-refractivity contribution in [2.45, 2.75) is 18.3 Å². The lowest BCUT2D eigenvalue weighted by atomic mass is 9.94. The molecule has 0 atom stereocenters. The molecule has 1 aromatic rings. The molecule has 0 saturated heterocycles. The van der Waals surface area contributed by atoms with Gasteiger partial charge in [0.2, 0.25) is 5.91 Å². The minimum atomic E-state index is -0.578. The van der Waals surface area contributed by atoms with Gasteiger partial charge < -0.3 is 10.8 Å². The van der Waals surface area contributed by atoms with E-state index < -0.39 is 5.41 Å². The number of primary amides is 1. The summed E-state index contributed by atoms with van der Waals surface area (Å²) < 4.78 is 0. The number of hydrogen-bond acceptors (Lipinski definition) is 2. The fraction of sp³-hybridized carbons (Fsp3) is 0.300. The third-order valence-corrected chi connectivity index (χ3v) is 2.64. The Bertz CT molecular complexity index is 356. The number of phenols is 1. The monoisotopic (exact) mass is 177 g/mol. The second-order valence-electron chi connectivity index (χ2n) is 3.46. The van der Waals surface area contributed by atoms with Crippen LogP contribution in [0.4, 0.5) is 0 Å². The van der Waals surface area contributed by atoms with Gasteiger partial charge in [-0.15, -0.1) is 0 Å². The van der Waals surface area contributed by atoms with Crippen molar-refractivity contribution in [1.82, 2.24) is 0 Å². The Hall–Kier alpha value is -1.51. The van der Waals surface area contributed by atoms with Gasteiger partial charge >= 0.3 is 0 Å². The number of hydrogen-bond donors (Lipinski definition) is 2. The number of carbonyl (C=O) groups is 1. The van der Waals surface area contributed by atoms with Crippen LogP contribution in [0.15, 0.2) is 24.3 Å². The van der Waals surface area contributed by atoms with Crippen molar-refractivity contribution in [3.63, 3.8) is 0 Å². The Morgan fingerprint density at radius 1 is 1.38 bits per heavy atom. The van der Waals surface area contributed by atoms with Crippen LogP contribution in [0.2, 0.25) is 0 Å². The Labute approximate surface area is 76.2 Å². The summed E-state index contributed by atoms with van der Waals surface area (Å²) in [7, 11) is 0. The molecule has 3 heteroatoms. The van der Waals surface area contributed by atoms with Crippen molar-refractivity contribution >= 4 is 5.91 Å². The normalized spacial score (nSPS) is 18.2. The van der Waals surface area contributed by atoms with E-state index in [-0.39, 0.29) is 11.7 Å². The van der Waals surface area contributed by atoms with Crippen molar-refractivity contribution in [1.29, 1.82) is 0 Å². The Morgan fingerprint density at radius 3 is 2.46 bits per heavy atom. The predicted molar refractivity (Wildman–Crippen MR) is 48.2 cm³/mol. The average Bonchev–Trinajstić information content (AvgIpc) is 2.85. The van der Waals surface area contributed by atoms with Gasteiger partial charge in [0.15, 0.2) is 0 Å². The van der Waals surface area contributed by atoms with Crippen molar-refractivity contribution in [2.75, 3.05) is 0 Å². The molecule has 1 fully saturated rings. The smallest absolute Gasteiger partial charge is 0.228 e. The van der Waals surface area contributed by atoms with E-state index in [0.29, 0.717) is 5.56 Å². The summed E-state index contributed by atoms with van der Waals surface area (Å²) in [5, 5.41) is 9.53. The quantitative estimate of drug-likeness (QED) is 0.705. The fourth-order valence-electron chi connectivity index (χ4n) is 1.65. The van der Waals surface area contributed by atoms with E-state index in [4.69, 9.17) is 5.73 Å². The third-order valence-electron chi connectivity index (χ3n) is 2.64. The molecule has 0 aromatic heterocycles. The highest BCUT2D eigenvalue weighted by molar-refractivity contribution is 5.90. The lowest BCUT2D eigenvalue weighted by Gasteiger charge is -2.12. The summed E-state index contributed by atoms with van der Waals surface area (Å²) >= 11 is 0. The molecule has 2 rings (SSSR count). The number of carbonyl (C=O) groups excluding carboxylic acids is 1. The predicted octanol–water partition coefficient (Wildman–Crippen LogP) is 0.909. The Kier molecular flexibility index (Phi) is 1.55. The van der Waals surface area contributed by atoms with Gasteiger partial charge in [0, 0.05) is 5.56 Å². The maximum atomic E-state index is 11.1. The third kappa shape index (κ3) is 1.08. The maximum Gasteiger partial charge on any atom is 0.228 e. The first-order chi connectivity index (χ1) is 6.17. The summed E-state index contributed by atoms with van der Waals surface area (Å²) in [5.74, 6) is -0.173. The summed E-state index contributed by atoms with van der Waals surface area (Å²) in [4.78, 5) is 11.1. The standard InChI is InChI=1S/C10H11NO2/c11-9(13)10(5-6-10)7-3-1-2-4-8(7)12/h1-4,12H,5-6H2,(H2,11,13). The molecule has 13 heavy (non-hydrogen) atoms. The molecule has 3 nitrogen and oxygen atoms in total. The first kappa shape index (κ1) is 8.10. The van der Waals surface area contributed by atoms with E-state index in [1.165, 1.54) is 0 Å². The largest absolute Gasteiger partial charge is 0.508 e. The molecule has 1 amide bonds. The highest BCUT2D eigenvalue weighted by Gasteiger charge is 2.51. The van der Waals surface area contributed by atoms with Gasteiger partial charge in [0.05, 0.1) is 5.41 Å². The number of phenolic OH excluding ortho intramolecular Hbond substituents is 1. The number of nitrogens with two attached hydrogens (primary N) is 1. The number of amides is 1. The van der Waals surface area contributed by atoms with Gasteiger partial charge in [-0.05, 0) is 18.9 Å². The van der Waals surface area contributed by atoms with E-state index in [9.17, 15) is 9.90 Å². The Balaban J connectivity index is 2.47. The van der Waals surface area contributed by atoms with Crippen LogP contribution in [0.25, 0.3) is 0 Å². The van der Waals surface area contributed by atoms with Crippen LogP contribution in [0.5, 0.6) is 5.75 Å². The number of aromatic hydroxyl groups is 1. The zero-order valence-corrected chi connectivity index (χ0v) is 7.16. The average molecular weight is 177 g/mol. The number of para-hydroxylation sites is 1. The molecule has 3 N–H and O–H groups in total. The topological polar surface area (TPSA) is 63.3 Å². The highest BCUT2D eigenvalue weighted by Crippen LogP contribution is 2.50. The van der Waals surface area contributed by atoms with Crippen molar-refractivity contribution in [2.24, 2.45) is 5.73 Å². The zero-order valence-electron chi connectivity index (χ0n) is 7.16. The summed E-state index contributed by atoms with van der Waals surface area (Å²) in [5.41, 5.74) is 5.37. The van der Waals surface area contributed by atoms with E-state index in [1.807, 2.05) is 0 Å². The van der Waals surface area contributed by atoms with Crippen LogP contribution in [-0.2, 0) is 10.2 Å². The molecule has 0 radical (unpaired) electrons. The number of rotatable bonds is 2. The lowest BCUT2D eigenvalue weighted by Crippen LogP contribution is -2.28. The molecule has 1 saturated carbocycles. The van der Waals surface area contributed by atoms with Crippen LogP contribution in [0, 0.1) is 0 Å². The molecule has 0 spiro atoms. The molecule has 0 heterocycles. The van der Waals surface area contributed by atoms with Crippen molar-refractivity contribution in [3.8, 4) is 5.75 Å². The molecule has 0 bridgehead atoms. The molecule has 1 aliphatic rings. The Morgan fingerprint density at radius 2 is 2.00 bits per heavy atom. The summed E-state index contributed by atoms with van der Waals surface area (Å²) in [6.45, 7) is 0. The van der Waals surface area contributed by atoms with E-state index >= 15 is 0 Å². The van der Waals surface area contributed by atoms with Gasteiger partial charge in [-0.1, -0.05) is 18.2 Å². The second kappa shape index (κ2) is 2.49. The van der Waals surface area contributed by atoms with Crippen LogP contribution >= 0.6 is 0 Å². The van der Waals surface area contributed by atoms with Gasteiger partial charge in [0.1, 0.15) is 5.75 Å². The molecule has 1 aromatic carbocycles. The fourth-order valence-corrected chi connectivity index (χ4v) is 1.65. The van der Waals surface area contributed by atoms with Gasteiger partial charge in [-0.2, -0.15) is 0 Å². The number of benzene rings is 1. The van der Waals surface area contributed by atoms with Crippen LogP contribution < -0.4 is 5.73 Å². The van der Waals surface area contributed by atoms with Crippen LogP contribution in [0.1, 0.15) is 18.4 Å². The molecule has 68 valence electrons. The maximum absolute atomic E-state index is 11.1.